The third-order valence-electron chi connectivity index (χ3n) is 6.51. The van der Waals surface area contributed by atoms with Crippen LogP contribution >= 0.6 is 11.3 Å². The number of hydrogen-bond acceptors (Lipinski definition) is 6. The fourth-order valence-electron chi connectivity index (χ4n) is 4.65. The van der Waals surface area contributed by atoms with Gasteiger partial charge in [0.25, 0.3) is 11.5 Å². The number of nitrogens with zero attached hydrogens (tertiary/aromatic N) is 2. The summed E-state index contributed by atoms with van der Waals surface area (Å²) in [6.07, 6.45) is 4.42. The van der Waals surface area contributed by atoms with Gasteiger partial charge in [-0.3, -0.25) is 18.8 Å². The van der Waals surface area contributed by atoms with E-state index in [2.05, 4.69) is 23.3 Å². The van der Waals surface area contributed by atoms with Crippen molar-refractivity contribution < 1.29 is 14.3 Å². The van der Waals surface area contributed by atoms with E-state index in [1.165, 1.54) is 16.4 Å². The van der Waals surface area contributed by atoms with Crippen LogP contribution in [-0.2, 0) is 9.53 Å². The van der Waals surface area contributed by atoms with Crippen LogP contribution in [-0.4, -0.2) is 34.4 Å². The normalized spacial score (nSPS) is 18.2. The van der Waals surface area contributed by atoms with Gasteiger partial charge in [0.15, 0.2) is 5.65 Å². The van der Waals surface area contributed by atoms with Crippen molar-refractivity contribution in [3.05, 3.63) is 69.5 Å². The van der Waals surface area contributed by atoms with E-state index >= 15 is 0 Å². The number of thiophene rings is 1. The highest BCUT2D eigenvalue weighted by Crippen LogP contribution is 2.29. The Kier molecular flexibility index (Phi) is 5.91. The third kappa shape index (κ3) is 4.09. The highest BCUT2D eigenvalue weighted by molar-refractivity contribution is 7.15. The molecule has 7 nitrogen and oxygen atoms in total. The molecular weight excluding hydrogens is 450 g/mol. The van der Waals surface area contributed by atoms with Crippen molar-refractivity contribution in [2.24, 2.45) is 5.92 Å². The number of aryl methyl sites for hydroxylation is 1. The molecule has 4 aromatic rings. The highest BCUT2D eigenvalue weighted by Gasteiger charge is 2.28. The fraction of sp³-hybridized carbons (Fsp3) is 0.308. The van der Waals surface area contributed by atoms with Gasteiger partial charge in [-0.05, 0) is 74.6 Å². The zero-order chi connectivity index (χ0) is 23.8. The van der Waals surface area contributed by atoms with Gasteiger partial charge in [0, 0.05) is 22.0 Å². The van der Waals surface area contributed by atoms with Gasteiger partial charge in [-0.15, -0.1) is 11.3 Å². The number of aromatic nitrogens is 2. The van der Waals surface area contributed by atoms with Crippen LogP contribution in [0.4, 0.5) is 0 Å². The van der Waals surface area contributed by atoms with Crippen molar-refractivity contribution >= 4 is 39.8 Å². The Bertz CT molecular complexity index is 1460. The van der Waals surface area contributed by atoms with E-state index in [1.807, 2.05) is 24.3 Å². The Labute approximate surface area is 200 Å². The molecular formula is C26H25N3O4S. The molecule has 0 radical (unpaired) electrons. The van der Waals surface area contributed by atoms with E-state index in [0.717, 1.165) is 10.4 Å². The minimum Gasteiger partial charge on any atom is -0.469 e. The summed E-state index contributed by atoms with van der Waals surface area (Å²) in [5.41, 5.74) is 2.01. The van der Waals surface area contributed by atoms with Crippen molar-refractivity contribution in [2.45, 2.75) is 38.6 Å². The first kappa shape index (κ1) is 22.3. The molecule has 5 rings (SSSR count). The molecule has 1 aromatic carbocycles. The van der Waals surface area contributed by atoms with Gasteiger partial charge in [0.2, 0.25) is 0 Å². The topological polar surface area (TPSA) is 89.8 Å². The van der Waals surface area contributed by atoms with Gasteiger partial charge >= 0.3 is 5.97 Å². The molecule has 0 saturated heterocycles. The SMILES string of the molecule is COC(=O)C1CCC(NC(=O)c2cccn3c(=O)c4cc(-c5ccc(C)s5)ccc4nc23)CC1. The van der Waals surface area contributed by atoms with Crippen LogP contribution in [0.15, 0.2) is 53.5 Å². The molecule has 1 fully saturated rings. The van der Waals surface area contributed by atoms with Gasteiger partial charge in [-0.1, -0.05) is 6.07 Å². The summed E-state index contributed by atoms with van der Waals surface area (Å²) in [7, 11) is 1.40. The zero-order valence-corrected chi connectivity index (χ0v) is 19.9. The molecule has 1 amide bonds. The van der Waals surface area contributed by atoms with Crippen LogP contribution in [0.2, 0.25) is 0 Å². The van der Waals surface area contributed by atoms with Crippen molar-refractivity contribution in [1.29, 1.82) is 0 Å². The Balaban J connectivity index is 1.45. The number of hydrogen-bond donors (Lipinski definition) is 1. The second-order valence-corrected chi connectivity index (χ2v) is 10.0. The predicted molar refractivity (Wildman–Crippen MR) is 132 cm³/mol. The molecule has 1 saturated carbocycles. The minimum absolute atomic E-state index is 0.0300. The Morgan fingerprint density at radius 1 is 1.12 bits per heavy atom. The summed E-state index contributed by atoms with van der Waals surface area (Å²) in [5, 5.41) is 3.57. The van der Waals surface area contributed by atoms with Crippen molar-refractivity contribution in [3.63, 3.8) is 0 Å². The number of carbonyl (C=O) groups excluding carboxylic acids is 2. The van der Waals surface area contributed by atoms with E-state index in [1.54, 1.807) is 29.7 Å². The van der Waals surface area contributed by atoms with Crippen molar-refractivity contribution in [3.8, 4) is 10.4 Å². The molecule has 1 aliphatic rings. The highest BCUT2D eigenvalue weighted by atomic mass is 32.1. The first-order valence-electron chi connectivity index (χ1n) is 11.4. The average Bonchev–Trinajstić information content (AvgIpc) is 3.30. The van der Waals surface area contributed by atoms with Crippen LogP contribution in [0.3, 0.4) is 0 Å². The van der Waals surface area contributed by atoms with Crippen LogP contribution in [0.1, 0.15) is 40.9 Å². The Morgan fingerprint density at radius 2 is 1.91 bits per heavy atom. The number of ether oxygens (including phenoxy) is 1. The maximum absolute atomic E-state index is 13.3. The number of amides is 1. The first-order chi connectivity index (χ1) is 16.4. The lowest BCUT2D eigenvalue weighted by molar-refractivity contribution is -0.146. The molecule has 0 atom stereocenters. The molecule has 1 aliphatic carbocycles. The summed E-state index contributed by atoms with van der Waals surface area (Å²) in [4.78, 5) is 45.2. The number of pyridine rings is 1. The molecule has 0 bridgehead atoms. The minimum atomic E-state index is -0.267. The molecule has 8 heteroatoms. The number of carbonyl (C=O) groups is 2. The second-order valence-electron chi connectivity index (χ2n) is 8.72. The number of fused-ring (bicyclic) bond motifs is 2. The summed E-state index contributed by atoms with van der Waals surface area (Å²) in [5.74, 6) is -0.562. The summed E-state index contributed by atoms with van der Waals surface area (Å²) in [6, 6.07) is 13.1. The molecule has 174 valence electrons. The quantitative estimate of drug-likeness (QED) is 0.350. The lowest BCUT2D eigenvalue weighted by Gasteiger charge is -2.27. The van der Waals surface area contributed by atoms with Gasteiger partial charge < -0.3 is 10.1 Å². The van der Waals surface area contributed by atoms with E-state index in [4.69, 9.17) is 4.74 Å². The van der Waals surface area contributed by atoms with Crippen LogP contribution < -0.4 is 10.9 Å². The smallest absolute Gasteiger partial charge is 0.308 e. The monoisotopic (exact) mass is 475 g/mol. The number of methoxy groups -OCH3 is 1. The maximum Gasteiger partial charge on any atom is 0.308 e. The van der Waals surface area contributed by atoms with E-state index in [9.17, 15) is 14.4 Å². The molecule has 34 heavy (non-hydrogen) atoms. The third-order valence-corrected chi connectivity index (χ3v) is 7.56. The van der Waals surface area contributed by atoms with Gasteiger partial charge in [-0.25, -0.2) is 4.98 Å². The van der Waals surface area contributed by atoms with E-state index < -0.39 is 0 Å². The number of benzene rings is 1. The van der Waals surface area contributed by atoms with Gasteiger partial charge in [0.1, 0.15) is 0 Å². The summed E-state index contributed by atoms with van der Waals surface area (Å²) >= 11 is 1.68. The van der Waals surface area contributed by atoms with Gasteiger partial charge in [0.05, 0.1) is 29.5 Å². The molecule has 0 aliphatic heterocycles. The lowest BCUT2D eigenvalue weighted by Crippen LogP contribution is -2.39. The largest absolute Gasteiger partial charge is 0.469 e. The Hall–Kier alpha value is -3.52. The molecule has 1 N–H and O–H groups in total. The molecule has 0 unspecified atom stereocenters. The standard InChI is InChI=1S/C26H25N3O4S/c1-15-5-12-22(34-15)17-8-11-21-20(14-17)25(31)29-13-3-4-19(23(29)28-21)24(30)27-18-9-6-16(7-10-18)26(32)33-2/h3-5,8,11-14,16,18H,6-7,9-10H2,1-2H3,(H,27,30). The first-order valence-corrected chi connectivity index (χ1v) is 12.2. The van der Waals surface area contributed by atoms with E-state index in [-0.39, 0.29) is 29.4 Å². The van der Waals surface area contributed by atoms with E-state index in [0.29, 0.717) is 47.8 Å². The van der Waals surface area contributed by atoms with Crippen LogP contribution in [0.5, 0.6) is 0 Å². The second kappa shape index (κ2) is 9.02. The summed E-state index contributed by atoms with van der Waals surface area (Å²) < 4.78 is 6.28. The lowest BCUT2D eigenvalue weighted by atomic mass is 9.86. The summed E-state index contributed by atoms with van der Waals surface area (Å²) in [6.45, 7) is 2.05. The predicted octanol–water partition coefficient (Wildman–Crippen LogP) is 4.35. The Morgan fingerprint density at radius 3 is 2.62 bits per heavy atom. The van der Waals surface area contributed by atoms with Crippen LogP contribution in [0.25, 0.3) is 27.0 Å². The average molecular weight is 476 g/mol. The number of nitrogens with one attached hydrogen (secondary N) is 1. The fourth-order valence-corrected chi connectivity index (χ4v) is 5.51. The van der Waals surface area contributed by atoms with Crippen LogP contribution in [0, 0.1) is 12.8 Å². The van der Waals surface area contributed by atoms with Gasteiger partial charge in [-0.2, -0.15) is 0 Å². The molecule has 3 heterocycles. The molecule has 0 spiro atoms. The number of esters is 1. The maximum atomic E-state index is 13.3. The zero-order valence-electron chi connectivity index (χ0n) is 19.0. The van der Waals surface area contributed by atoms with Crippen molar-refractivity contribution in [1.82, 2.24) is 14.7 Å². The number of rotatable bonds is 4. The molecule has 3 aromatic heterocycles. The van der Waals surface area contributed by atoms with Crippen molar-refractivity contribution in [2.75, 3.05) is 7.11 Å².